The first-order valence-electron chi connectivity index (χ1n) is 9.33. The molecule has 2 aromatic rings. The Morgan fingerprint density at radius 2 is 2.04 bits per heavy atom. The number of likely N-dealkylation sites (tertiary alicyclic amines) is 1. The minimum absolute atomic E-state index is 0.0401. The van der Waals surface area contributed by atoms with Crippen LogP contribution in [0.2, 0.25) is 0 Å². The van der Waals surface area contributed by atoms with Crippen molar-refractivity contribution < 1.29 is 9.53 Å². The second kappa shape index (κ2) is 7.11. The summed E-state index contributed by atoms with van der Waals surface area (Å²) in [5.41, 5.74) is 2.19. The monoisotopic (exact) mass is 354 g/mol. The van der Waals surface area contributed by atoms with Gasteiger partial charge in [-0.3, -0.25) is 9.69 Å². The zero-order valence-electron chi connectivity index (χ0n) is 15.5. The lowest BCUT2D eigenvalue weighted by molar-refractivity contribution is -0.137. The maximum Gasteiger partial charge on any atom is 0.237 e. The predicted octanol–water partition coefficient (Wildman–Crippen LogP) is 2.38. The fourth-order valence-corrected chi connectivity index (χ4v) is 4.11. The van der Waals surface area contributed by atoms with Gasteiger partial charge in [-0.05, 0) is 38.9 Å². The molecule has 4 rings (SSSR count). The average molecular weight is 354 g/mol. The maximum absolute atomic E-state index is 13.2. The average Bonchev–Trinajstić information content (AvgIpc) is 3.30. The number of fused-ring (bicyclic) bond motifs is 1. The smallest absolute Gasteiger partial charge is 0.237 e. The molecule has 0 unspecified atom stereocenters. The second-order valence-electron chi connectivity index (χ2n) is 7.19. The number of nitrogens with zero attached hydrogens (tertiary/aromatic N) is 4. The van der Waals surface area contributed by atoms with Gasteiger partial charge in [0.1, 0.15) is 11.6 Å². The van der Waals surface area contributed by atoms with Crippen molar-refractivity contribution in [3.05, 3.63) is 47.5 Å². The van der Waals surface area contributed by atoms with Gasteiger partial charge in [0.2, 0.25) is 5.91 Å². The number of para-hydroxylation sites is 1. The van der Waals surface area contributed by atoms with E-state index in [0.717, 1.165) is 35.9 Å². The van der Waals surface area contributed by atoms with Crippen LogP contribution < -0.4 is 4.74 Å². The molecular weight excluding hydrogens is 328 g/mol. The van der Waals surface area contributed by atoms with E-state index in [0.29, 0.717) is 19.6 Å². The third-order valence-electron chi connectivity index (χ3n) is 5.56. The molecule has 1 fully saturated rings. The highest BCUT2D eigenvalue weighted by atomic mass is 16.5. The molecule has 1 amide bonds. The van der Waals surface area contributed by atoms with Gasteiger partial charge < -0.3 is 14.2 Å². The number of aryl methyl sites for hydroxylation is 1. The van der Waals surface area contributed by atoms with Crippen LogP contribution in [0, 0.1) is 6.92 Å². The minimum atomic E-state index is -0.0401. The maximum atomic E-state index is 13.2. The molecule has 6 heteroatoms. The van der Waals surface area contributed by atoms with Gasteiger partial charge in [0, 0.05) is 24.0 Å². The van der Waals surface area contributed by atoms with Gasteiger partial charge in [0.15, 0.2) is 0 Å². The lowest BCUT2D eigenvalue weighted by Crippen LogP contribution is -2.45. The number of aromatic nitrogens is 2. The van der Waals surface area contributed by atoms with E-state index in [1.807, 2.05) is 29.3 Å². The topological polar surface area (TPSA) is 50.6 Å². The van der Waals surface area contributed by atoms with Gasteiger partial charge in [-0.1, -0.05) is 18.2 Å². The van der Waals surface area contributed by atoms with Crippen molar-refractivity contribution in [3.8, 4) is 5.75 Å². The number of carbonyl (C=O) groups excluding carboxylic acids is 1. The van der Waals surface area contributed by atoms with Gasteiger partial charge in [0.25, 0.3) is 0 Å². The number of carbonyl (C=O) groups is 1. The van der Waals surface area contributed by atoms with Gasteiger partial charge in [-0.15, -0.1) is 0 Å². The highest BCUT2D eigenvalue weighted by Gasteiger charge is 2.34. The van der Waals surface area contributed by atoms with Gasteiger partial charge in [0.05, 0.1) is 26.2 Å². The van der Waals surface area contributed by atoms with Crippen LogP contribution in [0.3, 0.4) is 0 Å². The molecule has 0 spiro atoms. The number of ether oxygens (including phenoxy) is 1. The van der Waals surface area contributed by atoms with Crippen LogP contribution in [0.4, 0.5) is 0 Å². The molecule has 1 saturated heterocycles. The summed E-state index contributed by atoms with van der Waals surface area (Å²) >= 11 is 0. The lowest BCUT2D eigenvalue weighted by atomic mass is 10.0. The molecule has 2 aliphatic rings. The van der Waals surface area contributed by atoms with Crippen molar-refractivity contribution in [2.45, 2.75) is 38.9 Å². The van der Waals surface area contributed by atoms with E-state index in [1.54, 1.807) is 7.11 Å². The third-order valence-corrected chi connectivity index (χ3v) is 5.56. The van der Waals surface area contributed by atoms with Crippen molar-refractivity contribution in [3.63, 3.8) is 0 Å². The fraction of sp³-hybridized carbons (Fsp3) is 0.500. The summed E-state index contributed by atoms with van der Waals surface area (Å²) in [6.45, 7) is 5.86. The van der Waals surface area contributed by atoms with E-state index in [1.165, 1.54) is 12.8 Å². The Kier molecular flexibility index (Phi) is 4.68. The Morgan fingerprint density at radius 1 is 1.27 bits per heavy atom. The molecule has 0 aliphatic carbocycles. The predicted molar refractivity (Wildman–Crippen MR) is 98.9 cm³/mol. The molecule has 1 aromatic carbocycles. The molecule has 26 heavy (non-hydrogen) atoms. The number of hydrogen-bond donors (Lipinski definition) is 0. The number of rotatable bonds is 4. The van der Waals surface area contributed by atoms with E-state index in [9.17, 15) is 4.79 Å². The molecular formula is C20H26N4O2. The summed E-state index contributed by atoms with van der Waals surface area (Å²) < 4.78 is 7.81. The van der Waals surface area contributed by atoms with Crippen LogP contribution in [-0.2, 0) is 17.9 Å². The zero-order chi connectivity index (χ0) is 18.1. The Balaban J connectivity index is 1.67. The zero-order valence-corrected chi connectivity index (χ0v) is 15.5. The minimum Gasteiger partial charge on any atom is -0.496 e. The van der Waals surface area contributed by atoms with E-state index < -0.39 is 0 Å². The summed E-state index contributed by atoms with van der Waals surface area (Å²) in [5.74, 6) is 1.97. The van der Waals surface area contributed by atoms with Crippen LogP contribution in [0.25, 0.3) is 0 Å². The Labute approximate surface area is 154 Å². The number of amides is 1. The number of hydrogen-bond acceptors (Lipinski definition) is 4. The lowest BCUT2D eigenvalue weighted by Gasteiger charge is -2.38. The summed E-state index contributed by atoms with van der Waals surface area (Å²) in [4.78, 5) is 21.9. The second-order valence-corrected chi connectivity index (χ2v) is 7.19. The molecule has 0 bridgehead atoms. The molecule has 1 aromatic heterocycles. The Morgan fingerprint density at radius 3 is 2.81 bits per heavy atom. The number of imidazole rings is 1. The number of methoxy groups -OCH3 is 1. The normalized spacial score (nSPS) is 20.2. The highest BCUT2D eigenvalue weighted by Crippen LogP contribution is 2.35. The fourth-order valence-electron chi connectivity index (χ4n) is 4.11. The first kappa shape index (κ1) is 17.1. The van der Waals surface area contributed by atoms with Crippen LogP contribution in [-0.4, -0.2) is 52.0 Å². The van der Waals surface area contributed by atoms with Crippen molar-refractivity contribution >= 4 is 5.91 Å². The quantitative estimate of drug-likeness (QED) is 0.846. The summed E-state index contributed by atoms with van der Waals surface area (Å²) in [6.07, 6.45) is 4.27. The third kappa shape index (κ3) is 3.09. The van der Waals surface area contributed by atoms with E-state index in [-0.39, 0.29) is 11.9 Å². The van der Waals surface area contributed by atoms with Crippen LogP contribution in [0.5, 0.6) is 5.75 Å². The van der Waals surface area contributed by atoms with Crippen molar-refractivity contribution in [1.82, 2.24) is 19.4 Å². The molecule has 2 aliphatic heterocycles. The summed E-state index contributed by atoms with van der Waals surface area (Å²) in [6, 6.07) is 7.97. The van der Waals surface area contributed by atoms with E-state index in [2.05, 4.69) is 27.4 Å². The molecule has 0 N–H and O–H groups in total. The summed E-state index contributed by atoms with van der Waals surface area (Å²) in [7, 11) is 1.69. The molecule has 3 heterocycles. The Bertz CT molecular complexity index is 795. The highest BCUT2D eigenvalue weighted by molar-refractivity contribution is 5.79. The molecule has 0 saturated carbocycles. The van der Waals surface area contributed by atoms with Gasteiger partial charge in [-0.2, -0.15) is 0 Å². The SMILES string of the molecule is COc1ccccc1[C@H]1Cn2c(C)cnc2CN1C(=O)CN1CCCC1. The number of benzene rings is 1. The first-order valence-corrected chi connectivity index (χ1v) is 9.33. The molecule has 1 atom stereocenters. The van der Waals surface area contributed by atoms with Crippen molar-refractivity contribution in [1.29, 1.82) is 0 Å². The van der Waals surface area contributed by atoms with Crippen LogP contribution in [0.15, 0.2) is 30.5 Å². The molecule has 138 valence electrons. The van der Waals surface area contributed by atoms with Crippen molar-refractivity contribution in [2.75, 3.05) is 26.7 Å². The van der Waals surface area contributed by atoms with Crippen LogP contribution in [0.1, 0.15) is 36.0 Å². The van der Waals surface area contributed by atoms with Gasteiger partial charge in [-0.25, -0.2) is 4.98 Å². The summed E-state index contributed by atoms with van der Waals surface area (Å²) in [5, 5.41) is 0. The van der Waals surface area contributed by atoms with E-state index in [4.69, 9.17) is 4.74 Å². The Hall–Kier alpha value is -2.34. The van der Waals surface area contributed by atoms with E-state index >= 15 is 0 Å². The van der Waals surface area contributed by atoms with Crippen molar-refractivity contribution in [2.24, 2.45) is 0 Å². The van der Waals surface area contributed by atoms with Gasteiger partial charge >= 0.3 is 0 Å². The largest absolute Gasteiger partial charge is 0.496 e. The molecule has 6 nitrogen and oxygen atoms in total. The first-order chi connectivity index (χ1) is 12.7. The molecule has 0 radical (unpaired) electrons. The van der Waals surface area contributed by atoms with Crippen LogP contribution >= 0.6 is 0 Å². The standard InChI is InChI=1S/C20H26N4O2/c1-15-11-21-19-13-24(20(25)14-22-9-5-6-10-22)17(12-23(15)19)16-7-3-4-8-18(16)26-2/h3-4,7-8,11,17H,5-6,9-10,12-14H2,1-2H3/t17-/m1/s1.